The summed E-state index contributed by atoms with van der Waals surface area (Å²) in [4.78, 5) is 6.53. The molecule has 0 saturated carbocycles. The molecule has 1 saturated heterocycles. The van der Waals surface area contributed by atoms with E-state index >= 15 is 0 Å². The largest absolute Gasteiger partial charge is 0.370 e. The molecular weight excluding hydrogens is 164 g/mol. The van der Waals surface area contributed by atoms with Crippen molar-refractivity contribution in [3.05, 3.63) is 0 Å². The number of hydrogen-bond acceptors (Lipinski definition) is 2. The summed E-state index contributed by atoms with van der Waals surface area (Å²) < 4.78 is 0. The second-order valence-corrected chi connectivity index (χ2v) is 3.54. The Hall–Kier alpha value is -0.770. The van der Waals surface area contributed by atoms with Crippen LogP contribution in [-0.4, -0.2) is 36.5 Å². The third-order valence-electron chi connectivity index (χ3n) is 2.64. The molecule has 1 aliphatic heterocycles. The number of aliphatic imine (C=N–C) groups is 1. The summed E-state index contributed by atoms with van der Waals surface area (Å²) in [5, 5.41) is 0. The number of hydrogen-bond donors (Lipinski definition) is 2. The Kier molecular flexibility index (Phi) is 4.02. The molecule has 1 fully saturated rings. The Balaban J connectivity index is 2.40. The van der Waals surface area contributed by atoms with Gasteiger partial charge in [0.1, 0.15) is 0 Å². The summed E-state index contributed by atoms with van der Waals surface area (Å²) in [6, 6.07) is 0.556. The average Bonchev–Trinajstić information content (AvgIpc) is 2.15. The number of likely N-dealkylation sites (tertiary alicyclic amines) is 1. The zero-order valence-corrected chi connectivity index (χ0v) is 8.37. The third kappa shape index (κ3) is 3.22. The maximum Gasteiger partial charge on any atom is 0.185 e. The molecule has 0 aromatic rings. The van der Waals surface area contributed by atoms with E-state index in [0.29, 0.717) is 6.04 Å². The maximum absolute atomic E-state index is 5.31. The standard InChI is InChI=1S/C9H20N4/c1-2-13-6-4-3-5-8(13)7-12-9(10)11/h8H,2-7H2,1H3,(H4,10,11,12). The minimum absolute atomic E-state index is 0.210. The Morgan fingerprint density at radius 1 is 1.46 bits per heavy atom. The molecule has 0 aromatic heterocycles. The molecule has 0 aliphatic carbocycles. The third-order valence-corrected chi connectivity index (χ3v) is 2.64. The van der Waals surface area contributed by atoms with Gasteiger partial charge in [-0.15, -0.1) is 0 Å². The minimum atomic E-state index is 0.210. The first-order chi connectivity index (χ1) is 6.24. The van der Waals surface area contributed by atoms with Crippen LogP contribution in [-0.2, 0) is 0 Å². The van der Waals surface area contributed by atoms with Crippen LogP contribution in [0.15, 0.2) is 4.99 Å². The van der Waals surface area contributed by atoms with E-state index in [1.807, 2.05) is 0 Å². The molecule has 4 N–H and O–H groups in total. The molecule has 76 valence electrons. The molecular formula is C9H20N4. The number of likely N-dealkylation sites (N-methyl/N-ethyl adjacent to an activating group) is 1. The van der Waals surface area contributed by atoms with Gasteiger partial charge >= 0.3 is 0 Å². The Labute approximate surface area is 80.0 Å². The number of nitrogens with two attached hydrogens (primary N) is 2. The highest BCUT2D eigenvalue weighted by atomic mass is 15.2. The normalized spacial score (nSPS) is 24.2. The first kappa shape index (κ1) is 10.3. The quantitative estimate of drug-likeness (QED) is 0.484. The van der Waals surface area contributed by atoms with E-state index < -0.39 is 0 Å². The van der Waals surface area contributed by atoms with Crippen molar-refractivity contribution in [2.24, 2.45) is 16.5 Å². The predicted octanol–water partition coefficient (Wildman–Crippen LogP) is 0.134. The van der Waals surface area contributed by atoms with Gasteiger partial charge in [0, 0.05) is 6.04 Å². The van der Waals surface area contributed by atoms with E-state index in [-0.39, 0.29) is 5.96 Å². The number of rotatable bonds is 3. The summed E-state index contributed by atoms with van der Waals surface area (Å²) in [5.41, 5.74) is 10.6. The van der Waals surface area contributed by atoms with Crippen molar-refractivity contribution in [3.8, 4) is 0 Å². The highest BCUT2D eigenvalue weighted by molar-refractivity contribution is 5.75. The SMILES string of the molecule is CCN1CCCCC1CN=C(N)N. The van der Waals surface area contributed by atoms with Gasteiger partial charge in [-0.05, 0) is 25.9 Å². The fourth-order valence-electron chi connectivity index (χ4n) is 1.89. The number of nitrogens with zero attached hydrogens (tertiary/aromatic N) is 2. The molecule has 1 unspecified atom stereocenters. The van der Waals surface area contributed by atoms with Gasteiger partial charge in [-0.25, -0.2) is 0 Å². The van der Waals surface area contributed by atoms with Crippen molar-refractivity contribution in [3.63, 3.8) is 0 Å². The lowest BCUT2D eigenvalue weighted by Crippen LogP contribution is -2.41. The molecule has 0 radical (unpaired) electrons. The highest BCUT2D eigenvalue weighted by Crippen LogP contribution is 2.16. The Morgan fingerprint density at radius 2 is 2.23 bits per heavy atom. The van der Waals surface area contributed by atoms with Crippen LogP contribution in [0, 0.1) is 0 Å². The Morgan fingerprint density at radius 3 is 2.85 bits per heavy atom. The van der Waals surface area contributed by atoms with Crippen LogP contribution in [0.3, 0.4) is 0 Å². The monoisotopic (exact) mass is 184 g/mol. The van der Waals surface area contributed by atoms with Crippen LogP contribution in [0.1, 0.15) is 26.2 Å². The molecule has 1 aliphatic rings. The van der Waals surface area contributed by atoms with Gasteiger partial charge in [-0.2, -0.15) is 0 Å². The highest BCUT2D eigenvalue weighted by Gasteiger charge is 2.19. The van der Waals surface area contributed by atoms with E-state index in [1.165, 1.54) is 25.8 Å². The fourth-order valence-corrected chi connectivity index (χ4v) is 1.89. The number of guanidine groups is 1. The maximum atomic E-state index is 5.31. The summed E-state index contributed by atoms with van der Waals surface area (Å²) in [6.45, 7) is 5.25. The molecule has 4 heteroatoms. The van der Waals surface area contributed by atoms with Gasteiger partial charge in [-0.1, -0.05) is 13.3 Å². The van der Waals surface area contributed by atoms with E-state index in [0.717, 1.165) is 13.1 Å². The van der Waals surface area contributed by atoms with Crippen LogP contribution in [0.5, 0.6) is 0 Å². The first-order valence-electron chi connectivity index (χ1n) is 5.03. The summed E-state index contributed by atoms with van der Waals surface area (Å²) in [7, 11) is 0. The summed E-state index contributed by atoms with van der Waals surface area (Å²) in [5.74, 6) is 0.210. The second-order valence-electron chi connectivity index (χ2n) is 3.54. The lowest BCUT2D eigenvalue weighted by Gasteiger charge is -2.33. The molecule has 4 nitrogen and oxygen atoms in total. The van der Waals surface area contributed by atoms with E-state index in [9.17, 15) is 0 Å². The van der Waals surface area contributed by atoms with Crippen molar-refractivity contribution in [2.75, 3.05) is 19.6 Å². The second kappa shape index (κ2) is 5.07. The van der Waals surface area contributed by atoms with E-state index in [4.69, 9.17) is 11.5 Å². The zero-order chi connectivity index (χ0) is 9.68. The van der Waals surface area contributed by atoms with E-state index in [1.54, 1.807) is 0 Å². The molecule has 1 atom stereocenters. The van der Waals surface area contributed by atoms with Crippen molar-refractivity contribution >= 4 is 5.96 Å². The topological polar surface area (TPSA) is 67.6 Å². The zero-order valence-electron chi connectivity index (χ0n) is 8.37. The van der Waals surface area contributed by atoms with Crippen LogP contribution in [0.25, 0.3) is 0 Å². The van der Waals surface area contributed by atoms with Crippen molar-refractivity contribution in [1.29, 1.82) is 0 Å². The van der Waals surface area contributed by atoms with Gasteiger partial charge in [-0.3, -0.25) is 9.89 Å². The fraction of sp³-hybridized carbons (Fsp3) is 0.889. The molecule has 0 amide bonds. The lowest BCUT2D eigenvalue weighted by molar-refractivity contribution is 0.161. The lowest BCUT2D eigenvalue weighted by atomic mass is 10.0. The van der Waals surface area contributed by atoms with Gasteiger partial charge in [0.15, 0.2) is 5.96 Å². The van der Waals surface area contributed by atoms with Crippen LogP contribution in [0.4, 0.5) is 0 Å². The predicted molar refractivity (Wildman–Crippen MR) is 55.6 cm³/mol. The Bertz CT molecular complexity index is 174. The van der Waals surface area contributed by atoms with Crippen molar-refractivity contribution < 1.29 is 0 Å². The molecule has 13 heavy (non-hydrogen) atoms. The van der Waals surface area contributed by atoms with Gasteiger partial charge in [0.25, 0.3) is 0 Å². The average molecular weight is 184 g/mol. The summed E-state index contributed by atoms with van der Waals surface area (Å²) in [6.07, 6.45) is 3.85. The van der Waals surface area contributed by atoms with Crippen molar-refractivity contribution in [2.45, 2.75) is 32.2 Å². The molecule has 1 heterocycles. The number of piperidine rings is 1. The van der Waals surface area contributed by atoms with Crippen LogP contribution in [0.2, 0.25) is 0 Å². The van der Waals surface area contributed by atoms with Crippen molar-refractivity contribution in [1.82, 2.24) is 4.90 Å². The molecule has 1 rings (SSSR count). The molecule has 0 spiro atoms. The molecule has 0 aromatic carbocycles. The van der Waals surface area contributed by atoms with Crippen LogP contribution >= 0.6 is 0 Å². The molecule has 0 bridgehead atoms. The van der Waals surface area contributed by atoms with Gasteiger partial charge in [0.2, 0.25) is 0 Å². The minimum Gasteiger partial charge on any atom is -0.370 e. The first-order valence-corrected chi connectivity index (χ1v) is 5.03. The van der Waals surface area contributed by atoms with Crippen LogP contribution < -0.4 is 11.5 Å². The summed E-state index contributed by atoms with van der Waals surface area (Å²) >= 11 is 0. The van der Waals surface area contributed by atoms with E-state index in [2.05, 4.69) is 16.8 Å². The van der Waals surface area contributed by atoms with Gasteiger partial charge in [0.05, 0.1) is 6.54 Å². The smallest absolute Gasteiger partial charge is 0.185 e. The van der Waals surface area contributed by atoms with Gasteiger partial charge < -0.3 is 11.5 Å².